The lowest BCUT2D eigenvalue weighted by Crippen LogP contribution is -3.00. The maximum Gasteiger partial charge on any atom is 0.262 e. The van der Waals surface area contributed by atoms with Crippen LogP contribution >= 0.6 is 0 Å². The summed E-state index contributed by atoms with van der Waals surface area (Å²) in [6.45, 7) is 2.22. The van der Waals surface area contributed by atoms with Crippen LogP contribution in [0.2, 0.25) is 0 Å². The van der Waals surface area contributed by atoms with Gasteiger partial charge in [-0.2, -0.15) is 0 Å². The molecule has 1 aliphatic heterocycles. The zero-order valence-corrected chi connectivity index (χ0v) is 20.0. The van der Waals surface area contributed by atoms with Crippen LogP contribution in [0.5, 0.6) is 5.75 Å². The number of piperazine rings is 1. The topological polar surface area (TPSA) is 79.0 Å². The molecule has 34 heavy (non-hydrogen) atoms. The summed E-state index contributed by atoms with van der Waals surface area (Å²) in [5.41, 5.74) is 1.08. The van der Waals surface area contributed by atoms with Gasteiger partial charge in [-0.1, -0.05) is 30.3 Å². The fraction of sp³-hybridized carbons (Fsp3) is 0.208. The molecule has 0 atom stereocenters. The molecule has 1 fully saturated rings. The number of halogens is 2. The third kappa shape index (κ3) is 5.43. The Morgan fingerprint density at radius 2 is 1.62 bits per heavy atom. The van der Waals surface area contributed by atoms with E-state index < -0.39 is 15.8 Å². The minimum absolute atomic E-state index is 0. The van der Waals surface area contributed by atoms with Crippen LogP contribution in [0.25, 0.3) is 0 Å². The SMILES string of the molecule is COc1ccccc1N1CCN(C(=O)c2cccc(S(=O)(=O)Nc3ccccc3F)c2)CC1.[Cl-]. The van der Waals surface area contributed by atoms with Gasteiger partial charge in [-0.15, -0.1) is 0 Å². The van der Waals surface area contributed by atoms with E-state index in [1.54, 1.807) is 18.1 Å². The minimum Gasteiger partial charge on any atom is -1.00 e. The Kier molecular flexibility index (Phi) is 8.01. The highest BCUT2D eigenvalue weighted by molar-refractivity contribution is 7.92. The van der Waals surface area contributed by atoms with Gasteiger partial charge in [-0.05, 0) is 42.5 Å². The van der Waals surface area contributed by atoms with Crippen LogP contribution < -0.4 is 26.8 Å². The highest BCUT2D eigenvalue weighted by Gasteiger charge is 2.25. The Bertz CT molecular complexity index is 1260. The predicted molar refractivity (Wildman–Crippen MR) is 125 cm³/mol. The van der Waals surface area contributed by atoms with Gasteiger partial charge in [0.1, 0.15) is 11.6 Å². The van der Waals surface area contributed by atoms with E-state index >= 15 is 0 Å². The normalized spacial score (nSPS) is 13.7. The van der Waals surface area contributed by atoms with Gasteiger partial charge in [-0.25, -0.2) is 12.8 Å². The molecule has 0 saturated carbocycles. The summed E-state index contributed by atoms with van der Waals surface area (Å²) in [5.74, 6) is -0.156. The zero-order valence-electron chi connectivity index (χ0n) is 18.4. The first-order valence-corrected chi connectivity index (χ1v) is 11.9. The molecule has 0 bridgehead atoms. The Morgan fingerprint density at radius 3 is 2.32 bits per heavy atom. The molecule has 3 aromatic carbocycles. The molecule has 7 nitrogen and oxygen atoms in total. The summed E-state index contributed by atoms with van der Waals surface area (Å²) in [6.07, 6.45) is 0. The quantitative estimate of drug-likeness (QED) is 0.532. The van der Waals surface area contributed by atoms with Gasteiger partial charge in [-0.3, -0.25) is 9.52 Å². The van der Waals surface area contributed by atoms with E-state index in [4.69, 9.17) is 4.74 Å². The van der Waals surface area contributed by atoms with Crippen molar-refractivity contribution in [2.45, 2.75) is 4.90 Å². The fourth-order valence-electron chi connectivity index (χ4n) is 3.77. The molecule has 180 valence electrons. The van der Waals surface area contributed by atoms with Crippen molar-refractivity contribution < 1.29 is 34.7 Å². The smallest absolute Gasteiger partial charge is 0.262 e. The number of amides is 1. The summed E-state index contributed by atoms with van der Waals surface area (Å²) in [6, 6.07) is 19.0. The number of para-hydroxylation sites is 3. The van der Waals surface area contributed by atoms with E-state index in [2.05, 4.69) is 9.62 Å². The molecule has 1 saturated heterocycles. The third-order valence-corrected chi connectivity index (χ3v) is 6.87. The first-order valence-electron chi connectivity index (χ1n) is 10.4. The fourth-order valence-corrected chi connectivity index (χ4v) is 4.88. The number of benzene rings is 3. The number of rotatable bonds is 6. The van der Waals surface area contributed by atoms with Gasteiger partial charge in [0.2, 0.25) is 0 Å². The summed E-state index contributed by atoms with van der Waals surface area (Å²) in [5, 5.41) is 0. The van der Waals surface area contributed by atoms with Gasteiger partial charge in [0.05, 0.1) is 23.4 Å². The Morgan fingerprint density at radius 1 is 0.941 bits per heavy atom. The second-order valence-electron chi connectivity index (χ2n) is 7.56. The van der Waals surface area contributed by atoms with Gasteiger partial charge >= 0.3 is 0 Å². The van der Waals surface area contributed by atoms with E-state index in [0.717, 1.165) is 11.4 Å². The lowest BCUT2D eigenvalue weighted by Gasteiger charge is -2.36. The molecule has 0 aliphatic carbocycles. The maximum absolute atomic E-state index is 13.9. The molecule has 1 N–H and O–H groups in total. The van der Waals surface area contributed by atoms with Crippen molar-refractivity contribution in [2.24, 2.45) is 0 Å². The Labute approximate surface area is 204 Å². The molecule has 4 rings (SSSR count). The van der Waals surface area contributed by atoms with Gasteiger partial charge in [0.15, 0.2) is 0 Å². The summed E-state index contributed by atoms with van der Waals surface area (Å²) < 4.78 is 47.0. The number of carbonyl (C=O) groups excluding carboxylic acids is 1. The standard InChI is InChI=1S/C24H24FN3O4S.ClH/c1-32-23-12-5-4-11-22(23)27-13-15-28(16-14-27)24(29)18-7-6-8-19(17-18)33(30,31)26-21-10-3-2-9-20(21)25;/h2-12,17,26H,13-16H2,1H3;1H/p-1. The molecule has 1 heterocycles. The van der Waals surface area contributed by atoms with Crippen LogP contribution in [0.3, 0.4) is 0 Å². The summed E-state index contributed by atoms with van der Waals surface area (Å²) in [4.78, 5) is 16.8. The molecular weight excluding hydrogens is 481 g/mol. The molecule has 0 unspecified atom stereocenters. The van der Waals surface area contributed by atoms with Crippen LogP contribution in [-0.2, 0) is 10.0 Å². The van der Waals surface area contributed by atoms with Crippen LogP contribution in [0.1, 0.15) is 10.4 Å². The maximum atomic E-state index is 13.9. The van der Waals surface area contributed by atoms with E-state index in [1.165, 1.54) is 42.5 Å². The first kappa shape index (κ1) is 25.3. The van der Waals surface area contributed by atoms with Gasteiger partial charge < -0.3 is 26.9 Å². The van der Waals surface area contributed by atoms with E-state index in [0.29, 0.717) is 26.2 Å². The Hall–Kier alpha value is -3.30. The third-order valence-electron chi connectivity index (χ3n) is 5.50. The number of hydrogen-bond acceptors (Lipinski definition) is 5. The number of hydrogen-bond donors (Lipinski definition) is 1. The van der Waals surface area contributed by atoms with Crippen molar-refractivity contribution in [3.8, 4) is 5.75 Å². The molecule has 0 aromatic heterocycles. The molecule has 3 aromatic rings. The van der Waals surface area contributed by atoms with Gasteiger partial charge in [0.25, 0.3) is 15.9 Å². The van der Waals surface area contributed by atoms with Crippen molar-refractivity contribution in [1.82, 2.24) is 4.90 Å². The average Bonchev–Trinajstić information content (AvgIpc) is 2.85. The second-order valence-corrected chi connectivity index (χ2v) is 9.25. The lowest BCUT2D eigenvalue weighted by molar-refractivity contribution is -0.0000197. The zero-order chi connectivity index (χ0) is 23.4. The number of carbonyl (C=O) groups is 1. The first-order chi connectivity index (χ1) is 15.9. The highest BCUT2D eigenvalue weighted by atomic mass is 35.5. The predicted octanol–water partition coefficient (Wildman–Crippen LogP) is 0.602. The molecule has 1 amide bonds. The Balaban J connectivity index is 0.00000324. The monoisotopic (exact) mass is 504 g/mol. The number of methoxy groups -OCH3 is 1. The summed E-state index contributed by atoms with van der Waals surface area (Å²) in [7, 11) is -2.43. The van der Waals surface area contributed by atoms with E-state index in [9.17, 15) is 17.6 Å². The second kappa shape index (κ2) is 10.8. The van der Waals surface area contributed by atoms with E-state index in [-0.39, 0.29) is 34.5 Å². The summed E-state index contributed by atoms with van der Waals surface area (Å²) >= 11 is 0. The molecule has 1 aliphatic rings. The number of anilines is 2. The minimum atomic E-state index is -4.06. The van der Waals surface area contributed by atoms with Gasteiger partial charge in [0, 0.05) is 31.7 Å². The molecule has 0 radical (unpaired) electrons. The molecule has 0 spiro atoms. The van der Waals surface area contributed by atoms with Crippen molar-refractivity contribution in [3.05, 3.63) is 84.2 Å². The number of ether oxygens (including phenoxy) is 1. The van der Waals surface area contributed by atoms with Crippen molar-refractivity contribution in [2.75, 3.05) is 42.9 Å². The van der Waals surface area contributed by atoms with Crippen LogP contribution in [-0.4, -0.2) is 52.5 Å². The average molecular weight is 505 g/mol. The van der Waals surface area contributed by atoms with E-state index in [1.807, 2.05) is 24.3 Å². The lowest BCUT2D eigenvalue weighted by atomic mass is 10.1. The van der Waals surface area contributed by atoms with Crippen molar-refractivity contribution in [3.63, 3.8) is 0 Å². The highest BCUT2D eigenvalue weighted by Crippen LogP contribution is 2.28. The van der Waals surface area contributed by atoms with Crippen molar-refractivity contribution >= 4 is 27.3 Å². The number of nitrogens with zero attached hydrogens (tertiary/aromatic N) is 2. The number of nitrogens with one attached hydrogen (secondary N) is 1. The van der Waals surface area contributed by atoms with Crippen LogP contribution in [0.4, 0.5) is 15.8 Å². The molecule has 10 heteroatoms. The largest absolute Gasteiger partial charge is 1.00 e. The number of sulfonamides is 1. The van der Waals surface area contributed by atoms with Crippen LogP contribution in [0.15, 0.2) is 77.7 Å². The van der Waals surface area contributed by atoms with Crippen LogP contribution in [0, 0.1) is 5.82 Å². The van der Waals surface area contributed by atoms with Crippen molar-refractivity contribution in [1.29, 1.82) is 0 Å². The molecular formula is C24H24ClFN3O4S-.